The van der Waals surface area contributed by atoms with Crippen LogP contribution in [0, 0.1) is 6.92 Å². The smallest absolute Gasteiger partial charge is 0.416 e. The molecule has 0 heterocycles. The maximum atomic E-state index is 13.1. The standard InChI is InChI=1S/C23H21F3N2O4S/c1-15-11-19(22(32-2)20(12-15)33(30,31)18-9-4-3-5-10-18)27-14-21(29)28-17-8-6-7-16(13-17)23(24,25)26/h3-13,27H,14H2,1-2H3,(H,28,29). The minimum absolute atomic E-state index is 0.0137. The maximum Gasteiger partial charge on any atom is 0.416 e. The number of aryl methyl sites for hydroxylation is 1. The summed E-state index contributed by atoms with van der Waals surface area (Å²) in [5, 5.41) is 5.20. The summed E-state index contributed by atoms with van der Waals surface area (Å²) >= 11 is 0. The number of nitrogens with one attached hydrogen (secondary N) is 2. The first kappa shape index (κ1) is 24.1. The molecule has 6 nitrogen and oxygen atoms in total. The molecule has 0 aliphatic heterocycles. The number of methoxy groups -OCH3 is 1. The number of carbonyl (C=O) groups excluding carboxylic acids is 1. The second-order valence-corrected chi connectivity index (χ2v) is 9.06. The van der Waals surface area contributed by atoms with Gasteiger partial charge in [-0.15, -0.1) is 0 Å². The topological polar surface area (TPSA) is 84.5 Å². The molecule has 0 saturated carbocycles. The first-order valence-corrected chi connectivity index (χ1v) is 11.2. The molecule has 10 heteroatoms. The number of rotatable bonds is 7. The van der Waals surface area contributed by atoms with Gasteiger partial charge in [-0.1, -0.05) is 24.3 Å². The second kappa shape index (κ2) is 9.53. The van der Waals surface area contributed by atoms with E-state index >= 15 is 0 Å². The Hall–Kier alpha value is -3.53. The molecule has 0 spiro atoms. The van der Waals surface area contributed by atoms with Gasteiger partial charge in [0, 0.05) is 5.69 Å². The fourth-order valence-corrected chi connectivity index (χ4v) is 4.71. The van der Waals surface area contributed by atoms with Crippen molar-refractivity contribution in [1.29, 1.82) is 0 Å². The number of hydrogen-bond acceptors (Lipinski definition) is 5. The van der Waals surface area contributed by atoms with Crippen LogP contribution in [-0.2, 0) is 20.8 Å². The molecule has 0 aromatic heterocycles. The highest BCUT2D eigenvalue weighted by atomic mass is 32.2. The molecule has 174 valence electrons. The summed E-state index contributed by atoms with van der Waals surface area (Å²) in [6, 6.07) is 15.2. The highest BCUT2D eigenvalue weighted by Gasteiger charge is 2.30. The summed E-state index contributed by atoms with van der Waals surface area (Å²) in [5.74, 6) is -0.596. The number of sulfone groups is 1. The van der Waals surface area contributed by atoms with E-state index in [0.717, 1.165) is 12.1 Å². The predicted octanol–water partition coefficient (Wildman–Crippen LogP) is 4.91. The van der Waals surface area contributed by atoms with Gasteiger partial charge in [-0.3, -0.25) is 4.79 Å². The predicted molar refractivity (Wildman–Crippen MR) is 118 cm³/mol. The van der Waals surface area contributed by atoms with Gasteiger partial charge < -0.3 is 15.4 Å². The lowest BCUT2D eigenvalue weighted by atomic mass is 10.2. The molecule has 0 aliphatic rings. The van der Waals surface area contributed by atoms with E-state index in [4.69, 9.17) is 4.74 Å². The molecule has 33 heavy (non-hydrogen) atoms. The van der Waals surface area contributed by atoms with Crippen LogP contribution < -0.4 is 15.4 Å². The third-order valence-corrected chi connectivity index (χ3v) is 6.43. The first-order chi connectivity index (χ1) is 15.5. The van der Waals surface area contributed by atoms with Crippen molar-refractivity contribution in [2.45, 2.75) is 22.9 Å². The van der Waals surface area contributed by atoms with E-state index in [1.54, 1.807) is 31.2 Å². The van der Waals surface area contributed by atoms with Crippen molar-refractivity contribution >= 4 is 27.1 Å². The largest absolute Gasteiger partial charge is 0.493 e. The average Bonchev–Trinajstić information content (AvgIpc) is 2.77. The summed E-state index contributed by atoms with van der Waals surface area (Å²) in [6.07, 6.45) is -4.53. The molecule has 0 unspecified atom stereocenters. The van der Waals surface area contributed by atoms with Crippen molar-refractivity contribution in [2.24, 2.45) is 0 Å². The Morgan fingerprint density at radius 2 is 1.70 bits per heavy atom. The van der Waals surface area contributed by atoms with Crippen LogP contribution in [0.25, 0.3) is 0 Å². The monoisotopic (exact) mass is 478 g/mol. The van der Waals surface area contributed by atoms with Crippen molar-refractivity contribution in [2.75, 3.05) is 24.3 Å². The fourth-order valence-electron chi connectivity index (χ4n) is 3.16. The number of benzene rings is 3. The molecule has 1 amide bonds. The van der Waals surface area contributed by atoms with Crippen molar-refractivity contribution in [3.63, 3.8) is 0 Å². The highest BCUT2D eigenvalue weighted by Crippen LogP contribution is 2.37. The minimum atomic E-state index is -4.53. The third-order valence-electron chi connectivity index (χ3n) is 4.66. The van der Waals surface area contributed by atoms with E-state index in [-0.39, 0.29) is 33.5 Å². The van der Waals surface area contributed by atoms with Crippen LogP contribution >= 0.6 is 0 Å². The summed E-state index contributed by atoms with van der Waals surface area (Å²) in [6.45, 7) is 1.36. The van der Waals surface area contributed by atoms with E-state index in [1.807, 2.05) is 0 Å². The molecule has 3 aromatic carbocycles. The number of hydrogen-bond donors (Lipinski definition) is 2. The molecule has 3 rings (SSSR count). The van der Waals surface area contributed by atoms with Gasteiger partial charge in [0.1, 0.15) is 4.90 Å². The molecule has 0 bridgehead atoms. The fraction of sp³-hybridized carbons (Fsp3) is 0.174. The first-order valence-electron chi connectivity index (χ1n) is 9.72. The van der Waals surface area contributed by atoms with Crippen LogP contribution in [0.4, 0.5) is 24.5 Å². The number of carbonyl (C=O) groups is 1. The Balaban J connectivity index is 1.83. The SMILES string of the molecule is COc1c(NCC(=O)Nc2cccc(C(F)(F)F)c2)cc(C)cc1S(=O)(=O)c1ccccc1. The highest BCUT2D eigenvalue weighted by molar-refractivity contribution is 7.91. The van der Waals surface area contributed by atoms with Crippen LogP contribution in [0.1, 0.15) is 11.1 Å². The van der Waals surface area contributed by atoms with Crippen LogP contribution in [0.15, 0.2) is 76.5 Å². The molecule has 0 aliphatic carbocycles. The zero-order valence-electron chi connectivity index (χ0n) is 17.7. The van der Waals surface area contributed by atoms with Crippen LogP contribution in [0.2, 0.25) is 0 Å². The summed E-state index contributed by atoms with van der Waals surface area (Å²) in [4.78, 5) is 12.3. The van der Waals surface area contributed by atoms with Gasteiger partial charge in [-0.05, 0) is 55.0 Å². The zero-order valence-corrected chi connectivity index (χ0v) is 18.5. The van der Waals surface area contributed by atoms with Gasteiger partial charge in [0.2, 0.25) is 15.7 Å². The van der Waals surface area contributed by atoms with Crippen LogP contribution in [0.3, 0.4) is 0 Å². The van der Waals surface area contributed by atoms with Crippen molar-refractivity contribution in [3.8, 4) is 5.75 Å². The summed E-state index contributed by atoms with van der Waals surface area (Å²) in [5.41, 5.74) is -0.0400. The summed E-state index contributed by atoms with van der Waals surface area (Å²) in [7, 11) is -2.60. The Labute approximate surface area is 189 Å². The van der Waals surface area contributed by atoms with E-state index in [0.29, 0.717) is 5.56 Å². The quantitative estimate of drug-likeness (QED) is 0.504. The van der Waals surface area contributed by atoms with E-state index in [2.05, 4.69) is 10.6 Å². The van der Waals surface area contributed by atoms with Gasteiger partial charge >= 0.3 is 6.18 Å². The van der Waals surface area contributed by atoms with Gasteiger partial charge in [0.25, 0.3) is 0 Å². The van der Waals surface area contributed by atoms with Gasteiger partial charge in [0.05, 0.1) is 29.8 Å². The van der Waals surface area contributed by atoms with Crippen LogP contribution in [-0.4, -0.2) is 28.0 Å². The lowest BCUT2D eigenvalue weighted by Crippen LogP contribution is -2.22. The van der Waals surface area contributed by atoms with Gasteiger partial charge in [-0.25, -0.2) is 8.42 Å². The maximum absolute atomic E-state index is 13.1. The molecule has 3 aromatic rings. The summed E-state index contributed by atoms with van der Waals surface area (Å²) < 4.78 is 70.2. The van der Waals surface area contributed by atoms with Gasteiger partial charge in [-0.2, -0.15) is 13.2 Å². The Morgan fingerprint density at radius 1 is 1.00 bits per heavy atom. The number of halogens is 3. The second-order valence-electron chi connectivity index (χ2n) is 7.14. The lowest BCUT2D eigenvalue weighted by molar-refractivity contribution is -0.137. The number of amides is 1. The molecular weight excluding hydrogens is 457 g/mol. The van der Waals surface area contributed by atoms with E-state index in [1.165, 1.54) is 37.4 Å². The Bertz CT molecular complexity index is 1260. The van der Waals surface area contributed by atoms with Crippen LogP contribution in [0.5, 0.6) is 5.75 Å². The average molecular weight is 478 g/mol. The number of alkyl halides is 3. The van der Waals surface area contributed by atoms with Crippen molar-refractivity contribution in [1.82, 2.24) is 0 Å². The molecule has 0 fully saturated rings. The number of anilines is 2. The molecule has 2 N–H and O–H groups in total. The number of ether oxygens (including phenoxy) is 1. The van der Waals surface area contributed by atoms with E-state index < -0.39 is 27.5 Å². The molecule has 0 radical (unpaired) electrons. The Morgan fingerprint density at radius 3 is 2.33 bits per heavy atom. The van der Waals surface area contributed by atoms with Gasteiger partial charge in [0.15, 0.2) is 5.75 Å². The minimum Gasteiger partial charge on any atom is -0.493 e. The lowest BCUT2D eigenvalue weighted by Gasteiger charge is -2.17. The molecule has 0 saturated heterocycles. The third kappa shape index (κ3) is 5.64. The Kier molecular flexibility index (Phi) is 6.97. The zero-order chi connectivity index (χ0) is 24.2. The van der Waals surface area contributed by atoms with E-state index in [9.17, 15) is 26.4 Å². The molecular formula is C23H21F3N2O4S. The normalized spacial score (nSPS) is 11.7. The van der Waals surface area contributed by atoms with Crippen molar-refractivity contribution in [3.05, 3.63) is 77.9 Å². The van der Waals surface area contributed by atoms with Crippen molar-refractivity contribution < 1.29 is 31.1 Å². The molecule has 0 atom stereocenters.